The standard InChI is InChI=1S/C18H33P.C12H10N.CH4O3S.Pd/c1-4-10-16(11-5-1)19(17-12-6-2-7-13-17)18-14-8-3-9-15-18;13-12-9-5-4-8-11(12)10-6-2-1-3-7-10;1-5(2,3)4;/h16-18H,1-15H2;1-6,8-9H,13H2;1H3,(H,2,3,4);/q;-1;;+2/p-1. The fourth-order valence-electron chi connectivity index (χ4n) is 6.34. The molecule has 3 aliphatic carbocycles. The summed E-state index contributed by atoms with van der Waals surface area (Å²) in [5.41, 5.74) is 12.3. The molecule has 0 bridgehead atoms. The summed E-state index contributed by atoms with van der Waals surface area (Å²) in [4.78, 5) is 0. The van der Waals surface area contributed by atoms with E-state index in [1.54, 1.807) is 77.0 Å². The summed E-state index contributed by atoms with van der Waals surface area (Å²) in [5.74, 6) is 0. The number of benzene rings is 2. The largest absolute Gasteiger partial charge is 2.00 e. The molecule has 2 N–H and O–H groups in total. The molecular formula is C31H46NO3PPdS. The van der Waals surface area contributed by atoms with E-state index in [9.17, 15) is 0 Å². The van der Waals surface area contributed by atoms with Crippen LogP contribution in [0.15, 0.2) is 48.5 Å². The maximum absolute atomic E-state index is 9.08. The molecule has 0 aliphatic heterocycles. The molecule has 0 spiro atoms. The first-order chi connectivity index (χ1) is 17.8. The zero-order valence-corrected chi connectivity index (χ0v) is 26.2. The average Bonchev–Trinajstić information content (AvgIpc) is 2.91. The summed E-state index contributed by atoms with van der Waals surface area (Å²) >= 11 is 0. The van der Waals surface area contributed by atoms with Gasteiger partial charge in [-0.25, -0.2) is 8.42 Å². The second-order valence-electron chi connectivity index (χ2n) is 10.9. The Kier molecular flexibility index (Phi) is 15.7. The van der Waals surface area contributed by atoms with Gasteiger partial charge in [-0.1, -0.05) is 89.5 Å². The van der Waals surface area contributed by atoms with Crippen molar-refractivity contribution in [1.82, 2.24) is 0 Å². The Hall–Kier alpha value is -0.758. The van der Waals surface area contributed by atoms with Crippen molar-refractivity contribution < 1.29 is 33.4 Å². The normalized spacial score (nSPS) is 19.3. The van der Waals surface area contributed by atoms with Crippen molar-refractivity contribution in [1.29, 1.82) is 0 Å². The SMILES string of the molecule is C1CCC(P(C2CCCCC2)C2CCCCC2)CC1.CS(=O)(=O)[O-].Nc1ccccc1-c1[c-]cccc1.[Pd+2]. The Labute approximate surface area is 247 Å². The summed E-state index contributed by atoms with van der Waals surface area (Å²) in [6.45, 7) is 0. The van der Waals surface area contributed by atoms with E-state index in [0.717, 1.165) is 16.8 Å². The van der Waals surface area contributed by atoms with Crippen molar-refractivity contribution in [2.24, 2.45) is 0 Å². The third kappa shape index (κ3) is 12.2. The van der Waals surface area contributed by atoms with Gasteiger partial charge in [0, 0.05) is 6.26 Å². The topological polar surface area (TPSA) is 83.2 Å². The van der Waals surface area contributed by atoms with Crippen molar-refractivity contribution in [3.05, 3.63) is 54.6 Å². The number of hydrogen-bond acceptors (Lipinski definition) is 4. The molecule has 3 saturated carbocycles. The van der Waals surface area contributed by atoms with E-state index in [1.165, 1.54) is 36.2 Å². The Morgan fingerprint density at radius 3 is 1.50 bits per heavy atom. The number of nitrogen functional groups attached to an aromatic ring is 1. The summed E-state index contributed by atoms with van der Waals surface area (Å²) in [6, 6.07) is 18.8. The molecule has 2 aromatic carbocycles. The minimum absolute atomic E-state index is 0. The molecule has 0 aromatic heterocycles. The smallest absolute Gasteiger partial charge is 0.748 e. The van der Waals surface area contributed by atoms with Crippen LogP contribution in [0.25, 0.3) is 11.1 Å². The van der Waals surface area contributed by atoms with Crippen LogP contribution in [0.4, 0.5) is 5.69 Å². The molecule has 4 nitrogen and oxygen atoms in total. The quantitative estimate of drug-likeness (QED) is 0.119. The molecule has 0 saturated heterocycles. The summed E-state index contributed by atoms with van der Waals surface area (Å²) in [7, 11) is -3.53. The van der Waals surface area contributed by atoms with Crippen molar-refractivity contribution in [3.63, 3.8) is 0 Å². The fourth-order valence-corrected chi connectivity index (χ4v) is 11.0. The van der Waals surface area contributed by atoms with Crippen LogP contribution in [-0.4, -0.2) is 36.2 Å². The van der Waals surface area contributed by atoms with Gasteiger partial charge in [-0.05, 0) is 67.3 Å². The maximum atomic E-state index is 9.08. The average molecular weight is 650 g/mol. The number of hydrogen-bond donors (Lipinski definition) is 1. The molecule has 38 heavy (non-hydrogen) atoms. The van der Waals surface area contributed by atoms with Gasteiger partial charge in [-0.2, -0.15) is 0 Å². The van der Waals surface area contributed by atoms with E-state index in [2.05, 4.69) is 6.07 Å². The number of rotatable bonds is 4. The molecule has 3 aliphatic rings. The summed E-state index contributed by atoms with van der Waals surface area (Å²) in [6.07, 6.45) is 24.2. The minimum Gasteiger partial charge on any atom is -0.748 e. The first-order valence-corrected chi connectivity index (χ1v) is 17.7. The van der Waals surface area contributed by atoms with Crippen LogP contribution in [0.5, 0.6) is 0 Å². The molecule has 0 unspecified atom stereocenters. The van der Waals surface area contributed by atoms with Gasteiger partial charge in [-0.15, -0.1) is 35.9 Å². The Balaban J connectivity index is 0.000000232. The zero-order valence-electron chi connectivity index (χ0n) is 22.9. The number of anilines is 1. The fraction of sp³-hybridized carbons (Fsp3) is 0.613. The van der Waals surface area contributed by atoms with Gasteiger partial charge in [0.15, 0.2) is 0 Å². The van der Waals surface area contributed by atoms with Gasteiger partial charge in [0.1, 0.15) is 0 Å². The van der Waals surface area contributed by atoms with E-state index < -0.39 is 10.1 Å². The van der Waals surface area contributed by atoms with E-state index in [1.807, 2.05) is 48.5 Å². The Bertz CT molecular complexity index is 952. The monoisotopic (exact) mass is 649 g/mol. The van der Waals surface area contributed by atoms with Crippen LogP contribution in [0.3, 0.4) is 0 Å². The molecule has 0 amide bonds. The second-order valence-corrected chi connectivity index (χ2v) is 15.4. The van der Waals surface area contributed by atoms with Crippen LogP contribution >= 0.6 is 7.92 Å². The van der Waals surface area contributed by atoms with E-state index in [4.69, 9.17) is 18.7 Å². The van der Waals surface area contributed by atoms with Crippen LogP contribution in [-0.2, 0) is 30.5 Å². The van der Waals surface area contributed by atoms with Gasteiger partial charge in [0.25, 0.3) is 0 Å². The maximum Gasteiger partial charge on any atom is 2.00 e. The predicted octanol–water partition coefficient (Wildman–Crippen LogP) is 8.36. The van der Waals surface area contributed by atoms with Crippen LogP contribution in [0, 0.1) is 6.07 Å². The van der Waals surface area contributed by atoms with Gasteiger partial charge >= 0.3 is 20.4 Å². The summed E-state index contributed by atoms with van der Waals surface area (Å²) < 4.78 is 27.2. The van der Waals surface area contributed by atoms with Crippen LogP contribution in [0.1, 0.15) is 96.3 Å². The van der Waals surface area contributed by atoms with E-state index in [-0.39, 0.29) is 20.4 Å². The molecule has 2 aromatic rings. The number of para-hydroxylation sites is 1. The third-order valence-corrected chi connectivity index (χ3v) is 12.0. The molecular weight excluding hydrogens is 604 g/mol. The predicted molar refractivity (Wildman–Crippen MR) is 158 cm³/mol. The molecule has 0 atom stereocenters. The molecule has 7 heteroatoms. The molecule has 5 rings (SSSR count). The van der Waals surface area contributed by atoms with Gasteiger partial charge in [0.05, 0.1) is 10.1 Å². The summed E-state index contributed by atoms with van der Waals surface area (Å²) in [5, 5.41) is 0. The molecule has 3 fully saturated rings. The van der Waals surface area contributed by atoms with Crippen LogP contribution in [0.2, 0.25) is 0 Å². The van der Waals surface area contributed by atoms with Gasteiger partial charge < -0.3 is 10.3 Å². The van der Waals surface area contributed by atoms with Crippen molar-refractivity contribution >= 4 is 23.7 Å². The van der Waals surface area contributed by atoms with Gasteiger partial charge in [0.2, 0.25) is 0 Å². The first kappa shape index (κ1) is 33.4. The minimum atomic E-state index is -3.92. The molecule has 0 radical (unpaired) electrons. The first-order valence-electron chi connectivity index (χ1n) is 14.3. The van der Waals surface area contributed by atoms with E-state index in [0.29, 0.717) is 14.2 Å². The number of nitrogens with two attached hydrogens (primary N) is 1. The Morgan fingerprint density at radius 1 is 0.737 bits per heavy atom. The third-order valence-electron chi connectivity index (χ3n) is 7.95. The molecule has 214 valence electrons. The second kappa shape index (κ2) is 17.8. The van der Waals surface area contributed by atoms with E-state index >= 15 is 0 Å². The van der Waals surface area contributed by atoms with Crippen molar-refractivity contribution in [2.75, 3.05) is 12.0 Å². The van der Waals surface area contributed by atoms with Crippen LogP contribution < -0.4 is 5.73 Å². The van der Waals surface area contributed by atoms with Gasteiger partial charge in [-0.3, -0.25) is 0 Å². The Morgan fingerprint density at radius 2 is 1.13 bits per heavy atom. The van der Waals surface area contributed by atoms with Crippen molar-refractivity contribution in [3.8, 4) is 11.1 Å². The zero-order chi connectivity index (χ0) is 26.5. The molecule has 0 heterocycles. The van der Waals surface area contributed by atoms with Crippen molar-refractivity contribution in [2.45, 2.75) is 113 Å².